The molecule has 2 amide bonds. The predicted molar refractivity (Wildman–Crippen MR) is 73.2 cm³/mol. The van der Waals surface area contributed by atoms with Gasteiger partial charge in [0.05, 0.1) is 6.42 Å². The van der Waals surface area contributed by atoms with Gasteiger partial charge in [0.1, 0.15) is 0 Å². The van der Waals surface area contributed by atoms with E-state index < -0.39 is 5.97 Å². The Morgan fingerprint density at radius 3 is 2.58 bits per heavy atom. The number of amides is 2. The van der Waals surface area contributed by atoms with E-state index >= 15 is 0 Å². The molecule has 0 aliphatic carbocycles. The number of nitrogens with zero attached hydrogens (tertiary/aromatic N) is 3. The highest BCUT2D eigenvalue weighted by Crippen LogP contribution is 2.19. The van der Waals surface area contributed by atoms with Crippen LogP contribution in [0.4, 0.5) is 4.79 Å². The Balaban J connectivity index is 2.59. The maximum Gasteiger partial charge on any atom is 0.320 e. The van der Waals surface area contributed by atoms with Crippen LogP contribution >= 0.6 is 0 Å². The molecule has 110 valence electrons. The zero-order chi connectivity index (χ0) is 14.4. The van der Waals surface area contributed by atoms with Crippen molar-refractivity contribution in [2.24, 2.45) is 0 Å². The second kappa shape index (κ2) is 7.33. The average molecular weight is 271 g/mol. The van der Waals surface area contributed by atoms with Crippen LogP contribution in [-0.4, -0.2) is 78.1 Å². The third-order valence-electron chi connectivity index (χ3n) is 3.45. The van der Waals surface area contributed by atoms with Crippen molar-refractivity contribution in [3.63, 3.8) is 0 Å². The van der Waals surface area contributed by atoms with Crippen molar-refractivity contribution in [2.75, 3.05) is 40.3 Å². The van der Waals surface area contributed by atoms with Crippen molar-refractivity contribution >= 4 is 12.0 Å². The molecule has 0 aromatic rings. The van der Waals surface area contributed by atoms with Gasteiger partial charge in [-0.05, 0) is 33.9 Å². The minimum atomic E-state index is -0.863. The quantitative estimate of drug-likeness (QED) is 0.780. The number of urea groups is 1. The van der Waals surface area contributed by atoms with Crippen LogP contribution < -0.4 is 0 Å². The minimum Gasteiger partial charge on any atom is -0.481 e. The van der Waals surface area contributed by atoms with Crippen molar-refractivity contribution in [1.29, 1.82) is 0 Å². The molecule has 0 aromatic carbocycles. The molecule has 6 heteroatoms. The number of hydrogen-bond acceptors (Lipinski definition) is 3. The van der Waals surface area contributed by atoms with E-state index in [1.54, 1.807) is 4.90 Å². The number of aliphatic carboxylic acids is 1. The molecule has 0 aromatic heterocycles. The predicted octanol–water partition coefficient (Wildman–Crippen LogP) is 0.929. The first-order valence-corrected chi connectivity index (χ1v) is 6.87. The van der Waals surface area contributed by atoms with Crippen LogP contribution in [0.5, 0.6) is 0 Å². The molecule has 1 rings (SSSR count). The maximum atomic E-state index is 12.4. The summed E-state index contributed by atoms with van der Waals surface area (Å²) in [5, 5.41) is 8.72. The second-order valence-electron chi connectivity index (χ2n) is 5.26. The zero-order valence-corrected chi connectivity index (χ0v) is 12.1. The third-order valence-corrected chi connectivity index (χ3v) is 3.45. The van der Waals surface area contributed by atoms with Gasteiger partial charge in [0, 0.05) is 32.2 Å². The summed E-state index contributed by atoms with van der Waals surface area (Å²) in [7, 11) is 4.01. The molecule has 19 heavy (non-hydrogen) atoms. The van der Waals surface area contributed by atoms with Crippen LogP contribution in [-0.2, 0) is 4.79 Å². The Kier molecular flexibility index (Phi) is 6.08. The van der Waals surface area contributed by atoms with Gasteiger partial charge in [-0.1, -0.05) is 0 Å². The lowest BCUT2D eigenvalue weighted by Crippen LogP contribution is -2.48. The molecule has 1 atom stereocenters. The van der Waals surface area contributed by atoms with Crippen molar-refractivity contribution in [1.82, 2.24) is 14.7 Å². The molecule has 1 heterocycles. The normalized spacial score (nSPS) is 18.9. The summed E-state index contributed by atoms with van der Waals surface area (Å²) >= 11 is 0. The maximum absolute atomic E-state index is 12.4. The van der Waals surface area contributed by atoms with Gasteiger partial charge >= 0.3 is 12.0 Å². The molecule has 1 saturated heterocycles. The molecule has 0 radical (unpaired) electrons. The Bertz CT molecular complexity index is 320. The molecular weight excluding hydrogens is 246 g/mol. The van der Waals surface area contributed by atoms with E-state index in [4.69, 9.17) is 5.11 Å². The van der Waals surface area contributed by atoms with E-state index in [0.29, 0.717) is 6.54 Å². The lowest BCUT2D eigenvalue weighted by molar-refractivity contribution is -0.137. The summed E-state index contributed by atoms with van der Waals surface area (Å²) in [6.07, 6.45) is 2.06. The molecule has 1 unspecified atom stereocenters. The van der Waals surface area contributed by atoms with E-state index in [0.717, 1.165) is 25.9 Å². The van der Waals surface area contributed by atoms with Crippen LogP contribution in [0.25, 0.3) is 0 Å². The van der Waals surface area contributed by atoms with Crippen molar-refractivity contribution in [3.05, 3.63) is 0 Å². The molecule has 0 saturated carbocycles. The zero-order valence-electron chi connectivity index (χ0n) is 12.1. The molecule has 0 bridgehead atoms. The lowest BCUT2D eigenvalue weighted by Gasteiger charge is -2.32. The highest BCUT2D eigenvalue weighted by Gasteiger charge is 2.31. The average Bonchev–Trinajstić information content (AvgIpc) is 2.76. The minimum absolute atomic E-state index is 0.00572. The van der Waals surface area contributed by atoms with Crippen molar-refractivity contribution < 1.29 is 14.7 Å². The first-order chi connectivity index (χ1) is 8.95. The Labute approximate surface area is 115 Å². The first-order valence-electron chi connectivity index (χ1n) is 6.87. The molecule has 1 aliphatic rings. The fraction of sp³-hybridized carbons (Fsp3) is 0.846. The topological polar surface area (TPSA) is 64.1 Å². The fourth-order valence-corrected chi connectivity index (χ4v) is 2.50. The number of carboxylic acids is 1. The second-order valence-corrected chi connectivity index (χ2v) is 5.26. The lowest BCUT2D eigenvalue weighted by atomic mass is 10.2. The van der Waals surface area contributed by atoms with Gasteiger partial charge in [-0.3, -0.25) is 4.79 Å². The van der Waals surface area contributed by atoms with E-state index in [-0.39, 0.29) is 25.0 Å². The number of carbonyl (C=O) groups excluding carboxylic acids is 1. The molecule has 6 nitrogen and oxygen atoms in total. The van der Waals surface area contributed by atoms with Gasteiger partial charge in [-0.25, -0.2) is 4.79 Å². The molecular formula is C13H25N3O3. The van der Waals surface area contributed by atoms with E-state index in [9.17, 15) is 9.59 Å². The smallest absolute Gasteiger partial charge is 0.320 e. The van der Waals surface area contributed by atoms with E-state index in [1.165, 1.54) is 0 Å². The number of hydrogen-bond donors (Lipinski definition) is 1. The van der Waals surface area contributed by atoms with Gasteiger partial charge in [0.2, 0.25) is 0 Å². The van der Waals surface area contributed by atoms with Gasteiger partial charge in [0.25, 0.3) is 0 Å². The van der Waals surface area contributed by atoms with Crippen molar-refractivity contribution in [3.8, 4) is 0 Å². The Morgan fingerprint density at radius 1 is 1.37 bits per heavy atom. The van der Waals surface area contributed by atoms with E-state index in [2.05, 4.69) is 4.90 Å². The van der Waals surface area contributed by atoms with Crippen LogP contribution in [0.1, 0.15) is 26.2 Å². The van der Waals surface area contributed by atoms with Crippen LogP contribution in [0.2, 0.25) is 0 Å². The fourth-order valence-electron chi connectivity index (χ4n) is 2.50. The van der Waals surface area contributed by atoms with Gasteiger partial charge in [-0.2, -0.15) is 0 Å². The van der Waals surface area contributed by atoms with E-state index in [1.807, 2.05) is 25.9 Å². The van der Waals surface area contributed by atoms with Crippen molar-refractivity contribution in [2.45, 2.75) is 32.2 Å². The number of carboxylic acid groups (broad SMARTS) is 1. The number of rotatable bonds is 6. The molecule has 1 N–H and O–H groups in total. The summed E-state index contributed by atoms with van der Waals surface area (Å²) in [6, 6.07) is 0.231. The highest BCUT2D eigenvalue weighted by molar-refractivity contribution is 5.76. The Hall–Kier alpha value is -1.30. The largest absolute Gasteiger partial charge is 0.481 e. The molecule has 0 spiro atoms. The summed E-state index contributed by atoms with van der Waals surface area (Å²) in [4.78, 5) is 28.6. The van der Waals surface area contributed by atoms with Gasteiger partial charge in [0.15, 0.2) is 0 Å². The SMILES string of the molecule is CCN(CCC(=O)O)C(=O)N1CCCC1CN(C)C. The Morgan fingerprint density at radius 2 is 2.05 bits per heavy atom. The van der Waals surface area contributed by atoms with Crippen LogP contribution in [0, 0.1) is 0 Å². The first kappa shape index (κ1) is 15.8. The number of likely N-dealkylation sites (N-methyl/N-ethyl adjacent to an activating group) is 1. The molecule has 1 aliphatic heterocycles. The summed E-state index contributed by atoms with van der Waals surface area (Å²) in [5.41, 5.74) is 0. The summed E-state index contributed by atoms with van der Waals surface area (Å²) in [5.74, 6) is -0.863. The highest BCUT2D eigenvalue weighted by atomic mass is 16.4. The molecule has 1 fully saturated rings. The standard InChI is InChI=1S/C13H25N3O3/c1-4-15(9-7-12(17)18)13(19)16-8-5-6-11(16)10-14(2)3/h11H,4-10H2,1-3H3,(H,17,18). The third kappa shape index (κ3) is 4.70. The van der Waals surface area contributed by atoms with Crippen LogP contribution in [0.3, 0.4) is 0 Å². The van der Waals surface area contributed by atoms with Gasteiger partial charge in [-0.15, -0.1) is 0 Å². The summed E-state index contributed by atoms with van der Waals surface area (Å²) in [6.45, 7) is 4.37. The number of carbonyl (C=O) groups is 2. The van der Waals surface area contributed by atoms with Crippen LogP contribution in [0.15, 0.2) is 0 Å². The number of likely N-dealkylation sites (tertiary alicyclic amines) is 1. The van der Waals surface area contributed by atoms with Gasteiger partial charge < -0.3 is 19.8 Å². The monoisotopic (exact) mass is 271 g/mol. The summed E-state index contributed by atoms with van der Waals surface area (Å²) < 4.78 is 0.